The summed E-state index contributed by atoms with van der Waals surface area (Å²) in [7, 11) is 0. The van der Waals surface area contributed by atoms with Crippen molar-refractivity contribution in [3.63, 3.8) is 0 Å². The van der Waals surface area contributed by atoms with Crippen molar-refractivity contribution >= 4 is 46.6 Å². The highest BCUT2D eigenvalue weighted by Gasteiger charge is 2.29. The third-order valence-corrected chi connectivity index (χ3v) is 5.48. The summed E-state index contributed by atoms with van der Waals surface area (Å²) in [6, 6.07) is 14.4. The summed E-state index contributed by atoms with van der Waals surface area (Å²) in [5.41, 5.74) is 2.12. The van der Waals surface area contributed by atoms with Gasteiger partial charge in [0.25, 0.3) is 0 Å². The summed E-state index contributed by atoms with van der Waals surface area (Å²) in [6.45, 7) is 0. The second-order valence-corrected chi connectivity index (χ2v) is 8.02. The maximum Gasteiger partial charge on any atom is 0.234 e. The summed E-state index contributed by atoms with van der Waals surface area (Å²) in [4.78, 5) is 24.3. The molecule has 7 nitrogen and oxygen atoms in total. The van der Waals surface area contributed by atoms with Crippen molar-refractivity contribution in [1.82, 2.24) is 14.8 Å². The molecular formula is C20H18ClN5O2S. The number of benzene rings is 2. The van der Waals surface area contributed by atoms with Gasteiger partial charge in [-0.1, -0.05) is 35.5 Å². The first-order valence-corrected chi connectivity index (χ1v) is 10.4. The van der Waals surface area contributed by atoms with Crippen LogP contribution < -0.4 is 10.6 Å². The van der Waals surface area contributed by atoms with Gasteiger partial charge in [-0.2, -0.15) is 0 Å². The number of thioether (sulfide) groups is 1. The van der Waals surface area contributed by atoms with Crippen LogP contribution in [0, 0.1) is 5.92 Å². The molecule has 4 rings (SSSR count). The zero-order chi connectivity index (χ0) is 20.2. The van der Waals surface area contributed by atoms with Crippen LogP contribution in [0.25, 0.3) is 5.69 Å². The lowest BCUT2D eigenvalue weighted by Gasteiger charge is -2.09. The number of carbonyl (C=O) groups is 2. The molecule has 3 aromatic rings. The molecule has 1 aromatic heterocycles. The molecule has 0 saturated heterocycles. The first-order chi connectivity index (χ1) is 14.1. The van der Waals surface area contributed by atoms with E-state index in [-0.39, 0.29) is 23.5 Å². The maximum absolute atomic E-state index is 12.4. The maximum atomic E-state index is 12.4. The number of hydrogen-bond donors (Lipinski definition) is 2. The monoisotopic (exact) mass is 427 g/mol. The lowest BCUT2D eigenvalue weighted by atomic mass is 10.2. The van der Waals surface area contributed by atoms with E-state index >= 15 is 0 Å². The van der Waals surface area contributed by atoms with Gasteiger partial charge < -0.3 is 10.6 Å². The quantitative estimate of drug-likeness (QED) is 0.556. The van der Waals surface area contributed by atoms with Gasteiger partial charge in [-0.05, 0) is 49.2 Å². The number of nitrogens with zero attached hydrogens (tertiary/aromatic N) is 3. The minimum atomic E-state index is -0.179. The predicted octanol–water partition coefficient (Wildman–Crippen LogP) is 4.00. The molecule has 0 atom stereocenters. The molecule has 2 amide bonds. The molecule has 0 bridgehead atoms. The van der Waals surface area contributed by atoms with Crippen molar-refractivity contribution in [1.29, 1.82) is 0 Å². The van der Waals surface area contributed by atoms with Crippen LogP contribution in [0.4, 0.5) is 11.4 Å². The minimum Gasteiger partial charge on any atom is -0.326 e. The van der Waals surface area contributed by atoms with E-state index in [1.165, 1.54) is 11.8 Å². The van der Waals surface area contributed by atoms with E-state index in [4.69, 9.17) is 11.6 Å². The number of halogens is 1. The van der Waals surface area contributed by atoms with Crippen molar-refractivity contribution in [2.24, 2.45) is 5.92 Å². The molecule has 0 spiro atoms. The number of aromatic nitrogens is 3. The van der Waals surface area contributed by atoms with Crippen LogP contribution in [0.3, 0.4) is 0 Å². The van der Waals surface area contributed by atoms with Gasteiger partial charge in [0.05, 0.1) is 11.4 Å². The normalized spacial score (nSPS) is 13.1. The van der Waals surface area contributed by atoms with Gasteiger partial charge in [0.2, 0.25) is 11.8 Å². The molecule has 0 radical (unpaired) electrons. The Hall–Kier alpha value is -2.84. The Morgan fingerprint density at radius 3 is 2.62 bits per heavy atom. The average molecular weight is 428 g/mol. The summed E-state index contributed by atoms with van der Waals surface area (Å²) in [5, 5.41) is 14.9. The molecule has 1 aliphatic rings. The molecule has 2 N–H and O–H groups in total. The van der Waals surface area contributed by atoms with Crippen molar-refractivity contribution in [2.45, 2.75) is 18.0 Å². The fourth-order valence-corrected chi connectivity index (χ4v) is 3.63. The van der Waals surface area contributed by atoms with E-state index < -0.39 is 0 Å². The van der Waals surface area contributed by atoms with Gasteiger partial charge in [0, 0.05) is 22.3 Å². The van der Waals surface area contributed by atoms with Gasteiger partial charge in [0.1, 0.15) is 6.33 Å². The van der Waals surface area contributed by atoms with E-state index in [1.807, 2.05) is 12.1 Å². The highest BCUT2D eigenvalue weighted by molar-refractivity contribution is 7.99. The van der Waals surface area contributed by atoms with Crippen LogP contribution in [0.2, 0.25) is 5.02 Å². The SMILES string of the molecule is O=C(CSc1nncn1-c1cccc(Cl)c1)Nc1cccc(NC(=O)C2CC2)c1. The first-order valence-electron chi connectivity index (χ1n) is 9.08. The Morgan fingerprint density at radius 1 is 1.10 bits per heavy atom. The summed E-state index contributed by atoms with van der Waals surface area (Å²) < 4.78 is 1.78. The second kappa shape index (κ2) is 8.67. The van der Waals surface area contributed by atoms with Crippen LogP contribution in [-0.4, -0.2) is 32.3 Å². The average Bonchev–Trinajstić information content (AvgIpc) is 3.45. The van der Waals surface area contributed by atoms with E-state index in [9.17, 15) is 9.59 Å². The topological polar surface area (TPSA) is 88.9 Å². The van der Waals surface area contributed by atoms with Crippen LogP contribution in [-0.2, 0) is 9.59 Å². The molecule has 148 valence electrons. The zero-order valence-corrected chi connectivity index (χ0v) is 16.9. The molecule has 1 fully saturated rings. The van der Waals surface area contributed by atoms with E-state index in [0.29, 0.717) is 21.6 Å². The molecule has 1 heterocycles. The number of anilines is 2. The van der Waals surface area contributed by atoms with E-state index in [0.717, 1.165) is 18.5 Å². The molecule has 0 aliphatic heterocycles. The number of carbonyl (C=O) groups excluding carboxylic acids is 2. The summed E-state index contributed by atoms with van der Waals surface area (Å²) in [6.07, 6.45) is 3.47. The van der Waals surface area contributed by atoms with E-state index in [2.05, 4.69) is 20.8 Å². The molecule has 1 saturated carbocycles. The lowest BCUT2D eigenvalue weighted by Crippen LogP contribution is -2.16. The third kappa shape index (κ3) is 5.16. The highest BCUT2D eigenvalue weighted by atomic mass is 35.5. The Kier molecular flexibility index (Phi) is 5.82. The van der Waals surface area contributed by atoms with Crippen molar-refractivity contribution < 1.29 is 9.59 Å². The Morgan fingerprint density at radius 2 is 1.86 bits per heavy atom. The second-order valence-electron chi connectivity index (χ2n) is 6.64. The molecular weight excluding hydrogens is 410 g/mol. The number of hydrogen-bond acceptors (Lipinski definition) is 5. The first kappa shape index (κ1) is 19.5. The largest absolute Gasteiger partial charge is 0.326 e. The van der Waals surface area contributed by atoms with Crippen LogP contribution in [0.1, 0.15) is 12.8 Å². The van der Waals surface area contributed by atoms with Crippen LogP contribution in [0.5, 0.6) is 0 Å². The Labute approximate surface area is 176 Å². The Bertz CT molecular complexity index is 1050. The summed E-state index contributed by atoms with van der Waals surface area (Å²) in [5.74, 6) is 0.143. The van der Waals surface area contributed by atoms with Gasteiger partial charge in [0.15, 0.2) is 5.16 Å². The number of nitrogens with one attached hydrogen (secondary N) is 2. The lowest BCUT2D eigenvalue weighted by molar-refractivity contribution is -0.117. The van der Waals surface area contributed by atoms with Gasteiger partial charge >= 0.3 is 0 Å². The van der Waals surface area contributed by atoms with Crippen LogP contribution >= 0.6 is 23.4 Å². The smallest absolute Gasteiger partial charge is 0.234 e. The van der Waals surface area contributed by atoms with Crippen molar-refractivity contribution in [3.8, 4) is 5.69 Å². The summed E-state index contributed by atoms with van der Waals surface area (Å²) >= 11 is 7.32. The fraction of sp³-hybridized carbons (Fsp3) is 0.200. The predicted molar refractivity (Wildman–Crippen MR) is 114 cm³/mol. The van der Waals surface area contributed by atoms with Gasteiger partial charge in [-0.25, -0.2) is 0 Å². The minimum absolute atomic E-state index is 0.0318. The molecule has 1 aliphatic carbocycles. The standard InChI is InChI=1S/C20H18ClN5O2S/c21-14-3-1-6-17(9-14)26-12-22-25-20(26)29-11-18(27)23-15-4-2-5-16(10-15)24-19(28)13-7-8-13/h1-6,9-10,12-13H,7-8,11H2,(H,23,27)(H,24,28). The number of rotatable bonds is 7. The highest BCUT2D eigenvalue weighted by Crippen LogP contribution is 2.30. The van der Waals surface area contributed by atoms with Crippen LogP contribution in [0.15, 0.2) is 60.0 Å². The third-order valence-electron chi connectivity index (χ3n) is 4.30. The molecule has 9 heteroatoms. The number of amides is 2. The van der Waals surface area contributed by atoms with Crippen molar-refractivity contribution in [3.05, 3.63) is 59.9 Å². The van der Waals surface area contributed by atoms with Gasteiger partial charge in [-0.3, -0.25) is 14.2 Å². The van der Waals surface area contributed by atoms with E-state index in [1.54, 1.807) is 47.3 Å². The Balaban J connectivity index is 1.35. The van der Waals surface area contributed by atoms with Gasteiger partial charge in [-0.15, -0.1) is 10.2 Å². The zero-order valence-electron chi connectivity index (χ0n) is 15.3. The van der Waals surface area contributed by atoms with Crippen molar-refractivity contribution in [2.75, 3.05) is 16.4 Å². The molecule has 29 heavy (non-hydrogen) atoms. The molecule has 0 unspecified atom stereocenters. The fourth-order valence-electron chi connectivity index (χ4n) is 2.72. The molecule has 2 aromatic carbocycles.